The van der Waals surface area contributed by atoms with E-state index in [0.717, 1.165) is 16.8 Å². The first-order valence-corrected chi connectivity index (χ1v) is 8.25. The highest BCUT2D eigenvalue weighted by atomic mass is 35.5. The highest BCUT2D eigenvalue weighted by Crippen LogP contribution is 2.23. The number of aryl methyl sites for hydroxylation is 1. The Kier molecular flexibility index (Phi) is 4.28. The van der Waals surface area contributed by atoms with Crippen LogP contribution in [0.1, 0.15) is 11.1 Å². The summed E-state index contributed by atoms with van der Waals surface area (Å²) in [5.41, 5.74) is 7.03. The second-order valence-electron chi connectivity index (χ2n) is 5.62. The van der Waals surface area contributed by atoms with Crippen molar-refractivity contribution in [3.05, 3.63) is 71.5 Å². The molecule has 0 atom stereocenters. The Balaban J connectivity index is 1.69. The lowest BCUT2D eigenvalue weighted by Crippen LogP contribution is -1.99. The number of nitrogens with one attached hydrogen (secondary N) is 1. The van der Waals surface area contributed by atoms with E-state index in [4.69, 9.17) is 11.6 Å². The molecular weight excluding hydrogens is 350 g/mol. The summed E-state index contributed by atoms with van der Waals surface area (Å²) < 4.78 is 1.80. The number of rotatable bonds is 4. The lowest BCUT2D eigenvalue weighted by molar-refractivity contribution is 1.04. The molecule has 0 radical (unpaired) electrons. The van der Waals surface area contributed by atoms with Gasteiger partial charge < -0.3 is 0 Å². The summed E-state index contributed by atoms with van der Waals surface area (Å²) in [7, 11) is 0. The van der Waals surface area contributed by atoms with Gasteiger partial charge >= 0.3 is 0 Å². The summed E-state index contributed by atoms with van der Waals surface area (Å²) in [4.78, 5) is 17.0. The van der Waals surface area contributed by atoms with Crippen LogP contribution in [-0.2, 0) is 0 Å². The predicted octanol–water partition coefficient (Wildman–Crippen LogP) is 3.62. The van der Waals surface area contributed by atoms with Crippen LogP contribution in [0.25, 0.3) is 16.9 Å². The average molecular weight is 364 g/mol. The third-order valence-electron chi connectivity index (χ3n) is 3.72. The minimum Gasteiger partial charge on any atom is -0.282 e. The number of halogens is 1. The van der Waals surface area contributed by atoms with Crippen molar-refractivity contribution in [2.24, 2.45) is 5.10 Å². The second kappa shape index (κ2) is 6.89. The van der Waals surface area contributed by atoms with E-state index in [1.165, 1.54) is 0 Å². The zero-order chi connectivity index (χ0) is 17.9. The highest BCUT2D eigenvalue weighted by Gasteiger charge is 2.13. The van der Waals surface area contributed by atoms with Gasteiger partial charge in [-0.05, 0) is 36.2 Å². The van der Waals surface area contributed by atoms with E-state index in [-0.39, 0.29) is 5.28 Å². The highest BCUT2D eigenvalue weighted by molar-refractivity contribution is 6.28. The van der Waals surface area contributed by atoms with Gasteiger partial charge in [-0.1, -0.05) is 29.8 Å². The standard InChI is InChI=1S/C18H14ClN7/c1-12-4-2-5-13(8-12)9-22-25-16-15-17(24-18(19)23-16)26(11-21-15)14-6-3-7-20-10-14/h2-11H,1H3,(H,23,24,25)/b22-9+. The molecule has 0 aliphatic carbocycles. The summed E-state index contributed by atoms with van der Waals surface area (Å²) in [6.45, 7) is 2.03. The first-order valence-electron chi connectivity index (χ1n) is 7.87. The monoisotopic (exact) mass is 363 g/mol. The van der Waals surface area contributed by atoms with Gasteiger partial charge in [-0.15, -0.1) is 0 Å². The fourth-order valence-electron chi connectivity index (χ4n) is 2.55. The number of hydrogen-bond donors (Lipinski definition) is 1. The molecule has 0 bridgehead atoms. The van der Waals surface area contributed by atoms with Crippen molar-refractivity contribution in [2.75, 3.05) is 5.43 Å². The number of anilines is 1. The summed E-state index contributed by atoms with van der Waals surface area (Å²) >= 11 is 6.09. The predicted molar refractivity (Wildman–Crippen MR) is 102 cm³/mol. The number of nitrogens with zero attached hydrogens (tertiary/aromatic N) is 6. The van der Waals surface area contributed by atoms with E-state index in [2.05, 4.69) is 30.5 Å². The molecule has 0 saturated heterocycles. The Morgan fingerprint density at radius 3 is 2.92 bits per heavy atom. The quantitative estimate of drug-likeness (QED) is 0.340. The summed E-state index contributed by atoms with van der Waals surface area (Å²) in [5.74, 6) is 0.437. The number of aromatic nitrogens is 5. The number of hydrazone groups is 1. The van der Waals surface area contributed by atoms with Crippen molar-refractivity contribution >= 4 is 34.8 Å². The minimum atomic E-state index is 0.108. The van der Waals surface area contributed by atoms with Crippen molar-refractivity contribution in [3.8, 4) is 5.69 Å². The van der Waals surface area contributed by atoms with Crippen LogP contribution in [0, 0.1) is 6.92 Å². The van der Waals surface area contributed by atoms with Crippen LogP contribution < -0.4 is 5.43 Å². The molecule has 3 heterocycles. The lowest BCUT2D eigenvalue weighted by Gasteiger charge is -2.04. The number of pyridine rings is 1. The smallest absolute Gasteiger partial charge is 0.226 e. The first kappa shape index (κ1) is 16.2. The Labute approximate surface area is 154 Å². The van der Waals surface area contributed by atoms with Gasteiger partial charge in [0, 0.05) is 6.20 Å². The van der Waals surface area contributed by atoms with Crippen molar-refractivity contribution in [3.63, 3.8) is 0 Å². The Hall–Kier alpha value is -3.32. The normalized spacial score (nSPS) is 11.3. The summed E-state index contributed by atoms with van der Waals surface area (Å²) in [6, 6.07) is 11.8. The molecule has 0 amide bonds. The second-order valence-corrected chi connectivity index (χ2v) is 5.96. The van der Waals surface area contributed by atoms with E-state index in [0.29, 0.717) is 17.0 Å². The van der Waals surface area contributed by atoms with Crippen LogP contribution in [0.15, 0.2) is 60.2 Å². The molecule has 0 fully saturated rings. The van der Waals surface area contributed by atoms with Gasteiger partial charge in [-0.3, -0.25) is 15.0 Å². The molecule has 0 unspecified atom stereocenters. The van der Waals surface area contributed by atoms with Crippen LogP contribution in [0.4, 0.5) is 5.82 Å². The van der Waals surface area contributed by atoms with Gasteiger partial charge in [0.25, 0.3) is 0 Å². The molecule has 7 nitrogen and oxygen atoms in total. The van der Waals surface area contributed by atoms with Gasteiger partial charge in [0.05, 0.1) is 18.1 Å². The molecule has 8 heteroatoms. The van der Waals surface area contributed by atoms with Crippen molar-refractivity contribution in [1.82, 2.24) is 24.5 Å². The topological polar surface area (TPSA) is 80.9 Å². The first-order chi connectivity index (χ1) is 12.7. The van der Waals surface area contributed by atoms with Gasteiger partial charge in [0.15, 0.2) is 17.0 Å². The molecule has 128 valence electrons. The molecule has 26 heavy (non-hydrogen) atoms. The fourth-order valence-corrected chi connectivity index (χ4v) is 2.72. The molecule has 1 N–H and O–H groups in total. The molecule has 0 aliphatic heterocycles. The molecule has 0 saturated carbocycles. The third kappa shape index (κ3) is 3.25. The third-order valence-corrected chi connectivity index (χ3v) is 3.89. The Morgan fingerprint density at radius 2 is 2.12 bits per heavy atom. The van der Waals surface area contributed by atoms with Crippen LogP contribution in [-0.4, -0.2) is 30.7 Å². The molecule has 0 spiro atoms. The Bertz CT molecular complexity index is 1090. The number of benzene rings is 1. The lowest BCUT2D eigenvalue weighted by atomic mass is 10.2. The molecule has 3 aromatic heterocycles. The summed E-state index contributed by atoms with van der Waals surface area (Å²) in [6.07, 6.45) is 6.80. The van der Waals surface area contributed by atoms with E-state index in [9.17, 15) is 0 Å². The average Bonchev–Trinajstić information content (AvgIpc) is 3.06. The van der Waals surface area contributed by atoms with Gasteiger partial charge in [-0.2, -0.15) is 15.1 Å². The minimum absolute atomic E-state index is 0.108. The maximum atomic E-state index is 6.09. The number of hydrogen-bond acceptors (Lipinski definition) is 6. The van der Waals surface area contributed by atoms with E-state index in [1.54, 1.807) is 29.5 Å². The van der Waals surface area contributed by atoms with E-state index in [1.807, 2.05) is 43.3 Å². The fraction of sp³-hybridized carbons (Fsp3) is 0.0556. The van der Waals surface area contributed by atoms with Crippen LogP contribution >= 0.6 is 11.6 Å². The van der Waals surface area contributed by atoms with Crippen molar-refractivity contribution in [1.29, 1.82) is 0 Å². The zero-order valence-corrected chi connectivity index (χ0v) is 14.6. The molecular formula is C18H14ClN7. The van der Waals surface area contributed by atoms with Gasteiger partial charge in [0.2, 0.25) is 5.28 Å². The number of imidazole rings is 1. The van der Waals surface area contributed by atoms with Crippen LogP contribution in [0.2, 0.25) is 5.28 Å². The van der Waals surface area contributed by atoms with E-state index < -0.39 is 0 Å². The van der Waals surface area contributed by atoms with Crippen LogP contribution in [0.5, 0.6) is 0 Å². The molecule has 4 aromatic rings. The van der Waals surface area contributed by atoms with Crippen molar-refractivity contribution < 1.29 is 0 Å². The van der Waals surface area contributed by atoms with Crippen LogP contribution in [0.3, 0.4) is 0 Å². The van der Waals surface area contributed by atoms with Gasteiger partial charge in [-0.25, -0.2) is 4.98 Å². The van der Waals surface area contributed by atoms with E-state index >= 15 is 0 Å². The molecule has 4 rings (SSSR count). The van der Waals surface area contributed by atoms with Gasteiger partial charge in [0.1, 0.15) is 6.33 Å². The maximum absolute atomic E-state index is 6.09. The van der Waals surface area contributed by atoms with Crippen molar-refractivity contribution in [2.45, 2.75) is 6.92 Å². The SMILES string of the molecule is Cc1cccc(/C=N/Nc2nc(Cl)nc3c2ncn3-c2cccnc2)c1. The molecule has 1 aromatic carbocycles. The number of fused-ring (bicyclic) bond motifs is 1. The maximum Gasteiger partial charge on any atom is 0.226 e. The molecule has 0 aliphatic rings. The Morgan fingerprint density at radius 1 is 1.19 bits per heavy atom. The summed E-state index contributed by atoms with van der Waals surface area (Å²) in [5, 5.41) is 4.35. The zero-order valence-electron chi connectivity index (χ0n) is 13.8. The largest absolute Gasteiger partial charge is 0.282 e.